The van der Waals surface area contributed by atoms with Crippen LogP contribution in [0.15, 0.2) is 64.6 Å². The van der Waals surface area contributed by atoms with E-state index in [1.807, 2.05) is 18.3 Å². The predicted molar refractivity (Wildman–Crippen MR) is 81.5 cm³/mol. The number of nitrogens with two attached hydrogens (primary N) is 1. The molecule has 0 unspecified atom stereocenters. The standard InChI is InChI=1S/C16H14N2S/c1-11-4-2-3-5-15(11)19-16-7-6-14(17)12-8-9-18-10-13(12)16/h2-10H,17H2,1H3. The number of hydrogen-bond acceptors (Lipinski definition) is 3. The van der Waals surface area contributed by atoms with E-state index in [4.69, 9.17) is 5.73 Å². The quantitative estimate of drug-likeness (QED) is 0.704. The monoisotopic (exact) mass is 266 g/mol. The van der Waals surface area contributed by atoms with Gasteiger partial charge < -0.3 is 5.73 Å². The van der Waals surface area contributed by atoms with Crippen molar-refractivity contribution >= 4 is 28.2 Å². The third kappa shape index (κ3) is 2.29. The highest BCUT2D eigenvalue weighted by Crippen LogP contribution is 2.36. The highest BCUT2D eigenvalue weighted by atomic mass is 32.2. The van der Waals surface area contributed by atoms with Crippen molar-refractivity contribution in [2.24, 2.45) is 0 Å². The van der Waals surface area contributed by atoms with Gasteiger partial charge in [-0.25, -0.2) is 0 Å². The molecule has 0 saturated carbocycles. The predicted octanol–water partition coefficient (Wildman–Crippen LogP) is 4.28. The first kappa shape index (κ1) is 12.1. The van der Waals surface area contributed by atoms with Gasteiger partial charge in [0.1, 0.15) is 0 Å². The Morgan fingerprint density at radius 3 is 2.63 bits per heavy atom. The molecule has 2 aromatic carbocycles. The Morgan fingerprint density at radius 2 is 1.79 bits per heavy atom. The maximum atomic E-state index is 6.01. The fourth-order valence-electron chi connectivity index (χ4n) is 2.07. The molecule has 0 aliphatic heterocycles. The van der Waals surface area contributed by atoms with E-state index in [1.54, 1.807) is 18.0 Å². The van der Waals surface area contributed by atoms with Crippen LogP contribution in [0.1, 0.15) is 5.56 Å². The minimum absolute atomic E-state index is 0.798. The van der Waals surface area contributed by atoms with Crippen LogP contribution in [0.25, 0.3) is 10.8 Å². The van der Waals surface area contributed by atoms with Crippen LogP contribution in [-0.2, 0) is 0 Å². The number of nitrogens with zero attached hydrogens (tertiary/aromatic N) is 1. The average Bonchev–Trinajstić information content (AvgIpc) is 2.44. The zero-order chi connectivity index (χ0) is 13.2. The van der Waals surface area contributed by atoms with Crippen molar-refractivity contribution in [1.82, 2.24) is 4.98 Å². The molecule has 0 aliphatic rings. The Balaban J connectivity index is 2.12. The Labute approximate surface area is 116 Å². The van der Waals surface area contributed by atoms with Crippen LogP contribution in [0.2, 0.25) is 0 Å². The molecule has 3 heteroatoms. The molecule has 19 heavy (non-hydrogen) atoms. The number of aryl methyl sites for hydroxylation is 1. The van der Waals surface area contributed by atoms with Gasteiger partial charge in [0, 0.05) is 38.6 Å². The van der Waals surface area contributed by atoms with Gasteiger partial charge in [0.25, 0.3) is 0 Å². The molecule has 0 fully saturated rings. The smallest absolute Gasteiger partial charge is 0.0395 e. The van der Waals surface area contributed by atoms with Gasteiger partial charge in [0.2, 0.25) is 0 Å². The van der Waals surface area contributed by atoms with Crippen molar-refractivity contribution in [2.75, 3.05) is 5.73 Å². The number of pyridine rings is 1. The second-order valence-corrected chi connectivity index (χ2v) is 5.53. The Morgan fingerprint density at radius 1 is 0.947 bits per heavy atom. The minimum atomic E-state index is 0.798. The van der Waals surface area contributed by atoms with E-state index in [0.717, 1.165) is 16.5 Å². The molecule has 0 spiro atoms. The number of anilines is 1. The van der Waals surface area contributed by atoms with E-state index in [2.05, 4.69) is 42.2 Å². The molecule has 1 heterocycles. The van der Waals surface area contributed by atoms with E-state index in [0.29, 0.717) is 0 Å². The molecule has 94 valence electrons. The molecule has 3 aromatic rings. The lowest BCUT2D eigenvalue weighted by Crippen LogP contribution is -1.89. The Bertz CT molecular complexity index is 738. The Hall–Kier alpha value is -2.00. The molecule has 0 amide bonds. The van der Waals surface area contributed by atoms with Crippen molar-refractivity contribution in [3.8, 4) is 0 Å². The molecular formula is C16H14N2S. The third-order valence-electron chi connectivity index (χ3n) is 3.13. The summed E-state index contributed by atoms with van der Waals surface area (Å²) < 4.78 is 0. The fraction of sp³-hybridized carbons (Fsp3) is 0.0625. The normalized spacial score (nSPS) is 10.8. The maximum absolute atomic E-state index is 6.01. The van der Waals surface area contributed by atoms with E-state index >= 15 is 0 Å². The van der Waals surface area contributed by atoms with Gasteiger partial charge in [0.15, 0.2) is 0 Å². The van der Waals surface area contributed by atoms with E-state index < -0.39 is 0 Å². The van der Waals surface area contributed by atoms with Crippen LogP contribution < -0.4 is 5.73 Å². The zero-order valence-electron chi connectivity index (χ0n) is 10.6. The van der Waals surface area contributed by atoms with Gasteiger partial charge in [-0.15, -0.1) is 0 Å². The van der Waals surface area contributed by atoms with Gasteiger partial charge in [0.05, 0.1) is 0 Å². The number of nitrogen functional groups attached to an aromatic ring is 1. The van der Waals surface area contributed by atoms with Gasteiger partial charge in [-0.2, -0.15) is 0 Å². The van der Waals surface area contributed by atoms with Crippen LogP contribution in [0.5, 0.6) is 0 Å². The summed E-state index contributed by atoms with van der Waals surface area (Å²) >= 11 is 1.76. The van der Waals surface area contributed by atoms with Gasteiger partial charge in [-0.05, 0) is 36.8 Å². The van der Waals surface area contributed by atoms with Crippen LogP contribution in [0, 0.1) is 6.92 Å². The summed E-state index contributed by atoms with van der Waals surface area (Å²) in [5.41, 5.74) is 8.09. The second kappa shape index (κ2) is 4.94. The van der Waals surface area contributed by atoms with Crippen molar-refractivity contribution in [2.45, 2.75) is 16.7 Å². The van der Waals surface area contributed by atoms with Crippen molar-refractivity contribution < 1.29 is 0 Å². The van der Waals surface area contributed by atoms with Crippen molar-refractivity contribution in [1.29, 1.82) is 0 Å². The molecule has 0 atom stereocenters. The Kier molecular flexibility index (Phi) is 3.13. The van der Waals surface area contributed by atoms with Crippen LogP contribution in [-0.4, -0.2) is 4.98 Å². The maximum Gasteiger partial charge on any atom is 0.0395 e. The number of benzene rings is 2. The summed E-state index contributed by atoms with van der Waals surface area (Å²) in [7, 11) is 0. The fourth-order valence-corrected chi connectivity index (χ4v) is 3.09. The highest BCUT2D eigenvalue weighted by molar-refractivity contribution is 7.99. The number of hydrogen-bond donors (Lipinski definition) is 1. The van der Waals surface area contributed by atoms with Crippen molar-refractivity contribution in [3.05, 3.63) is 60.4 Å². The molecule has 2 N–H and O–H groups in total. The number of fused-ring (bicyclic) bond motifs is 1. The first-order chi connectivity index (χ1) is 9.25. The molecular weight excluding hydrogens is 252 g/mol. The largest absolute Gasteiger partial charge is 0.398 e. The third-order valence-corrected chi connectivity index (χ3v) is 4.38. The SMILES string of the molecule is Cc1ccccc1Sc1ccc(N)c2ccncc12. The zero-order valence-corrected chi connectivity index (χ0v) is 11.4. The van der Waals surface area contributed by atoms with Crippen molar-refractivity contribution in [3.63, 3.8) is 0 Å². The highest BCUT2D eigenvalue weighted by Gasteiger charge is 2.07. The molecule has 1 aromatic heterocycles. The molecule has 0 aliphatic carbocycles. The summed E-state index contributed by atoms with van der Waals surface area (Å²) in [6.45, 7) is 2.13. The topological polar surface area (TPSA) is 38.9 Å². The van der Waals surface area contributed by atoms with Gasteiger partial charge in [-0.1, -0.05) is 30.0 Å². The summed E-state index contributed by atoms with van der Waals surface area (Å²) in [5, 5.41) is 2.17. The summed E-state index contributed by atoms with van der Waals surface area (Å²) in [6, 6.07) is 14.4. The van der Waals surface area contributed by atoms with E-state index in [1.165, 1.54) is 15.4 Å². The number of aromatic nitrogens is 1. The van der Waals surface area contributed by atoms with E-state index in [-0.39, 0.29) is 0 Å². The van der Waals surface area contributed by atoms with Crippen LogP contribution in [0.3, 0.4) is 0 Å². The second-order valence-electron chi connectivity index (χ2n) is 4.44. The first-order valence-electron chi connectivity index (χ1n) is 6.11. The lowest BCUT2D eigenvalue weighted by molar-refractivity contribution is 1.29. The molecule has 0 bridgehead atoms. The molecule has 2 nitrogen and oxygen atoms in total. The molecule has 3 rings (SSSR count). The summed E-state index contributed by atoms with van der Waals surface area (Å²) in [5.74, 6) is 0. The lowest BCUT2D eigenvalue weighted by Gasteiger charge is -2.09. The average molecular weight is 266 g/mol. The summed E-state index contributed by atoms with van der Waals surface area (Å²) in [6.07, 6.45) is 3.66. The number of rotatable bonds is 2. The van der Waals surface area contributed by atoms with E-state index in [9.17, 15) is 0 Å². The first-order valence-corrected chi connectivity index (χ1v) is 6.93. The minimum Gasteiger partial charge on any atom is -0.398 e. The van der Waals surface area contributed by atoms with Gasteiger partial charge in [-0.3, -0.25) is 4.98 Å². The lowest BCUT2D eigenvalue weighted by atomic mass is 10.1. The van der Waals surface area contributed by atoms with Crippen LogP contribution in [0.4, 0.5) is 5.69 Å². The summed E-state index contributed by atoms with van der Waals surface area (Å²) in [4.78, 5) is 6.66. The van der Waals surface area contributed by atoms with Gasteiger partial charge >= 0.3 is 0 Å². The van der Waals surface area contributed by atoms with Crippen LogP contribution >= 0.6 is 11.8 Å². The molecule has 0 radical (unpaired) electrons. The molecule has 0 saturated heterocycles.